The summed E-state index contributed by atoms with van der Waals surface area (Å²) in [4.78, 5) is 2.20. The molecule has 1 aromatic heterocycles. The van der Waals surface area contributed by atoms with Crippen LogP contribution >= 0.6 is 11.6 Å². The fourth-order valence-corrected chi connectivity index (χ4v) is 3.88. The van der Waals surface area contributed by atoms with Gasteiger partial charge in [0.1, 0.15) is 5.75 Å². The summed E-state index contributed by atoms with van der Waals surface area (Å²) >= 11 is 6.41. The van der Waals surface area contributed by atoms with Crippen molar-refractivity contribution in [2.45, 2.75) is 45.8 Å². The average Bonchev–Trinajstić information content (AvgIpc) is 3.13. The number of aryl methyl sites for hydroxylation is 1. The molecule has 2 aromatic carbocycles. The molecule has 178 valence electrons. The third-order valence-corrected chi connectivity index (χ3v) is 5.85. The van der Waals surface area contributed by atoms with Gasteiger partial charge >= 0.3 is 0 Å². The minimum Gasteiger partial charge on any atom is -0.437 e. The molecule has 0 bridgehead atoms. The Bertz CT molecular complexity index is 994. The van der Waals surface area contributed by atoms with E-state index < -0.39 is 0 Å². The minimum absolute atomic E-state index is 0.390. The lowest BCUT2D eigenvalue weighted by Crippen LogP contribution is -2.34. The van der Waals surface area contributed by atoms with Gasteiger partial charge in [-0.15, -0.1) is 0 Å². The van der Waals surface area contributed by atoms with E-state index in [-0.39, 0.29) is 6.10 Å². The smallest absolute Gasteiger partial charge is 0.227 e. The molecule has 1 atom stereocenters. The van der Waals surface area contributed by atoms with E-state index in [0.717, 1.165) is 36.2 Å². The largest absolute Gasteiger partial charge is 0.437 e. The highest BCUT2D eigenvalue weighted by atomic mass is 35.5. The van der Waals surface area contributed by atoms with Crippen LogP contribution in [0.15, 0.2) is 54.6 Å². The lowest BCUT2D eigenvalue weighted by molar-refractivity contribution is 0.0786. The van der Waals surface area contributed by atoms with Crippen molar-refractivity contribution in [1.82, 2.24) is 14.7 Å². The standard InChI is InChI=1S/C26H34ClN3O3/c1-4-5-13-22(31)18-29(16-17-32-3)19-23-20(2)28-30(21-11-7-6-8-12-21)26(23)33-25-15-10-9-14-24(25)27/h6-12,14-15,22,31H,4-5,13,16-19H2,1-3H3/t22-/m1/s1. The third kappa shape index (κ3) is 7.05. The van der Waals surface area contributed by atoms with Crippen molar-refractivity contribution in [2.24, 2.45) is 0 Å². The Balaban J connectivity index is 1.96. The molecule has 1 heterocycles. The highest BCUT2D eigenvalue weighted by Gasteiger charge is 2.23. The molecule has 0 aliphatic carbocycles. The molecule has 1 N–H and O–H groups in total. The summed E-state index contributed by atoms with van der Waals surface area (Å²) in [5.74, 6) is 1.20. The second-order valence-electron chi connectivity index (χ2n) is 8.17. The van der Waals surface area contributed by atoms with E-state index in [9.17, 15) is 5.11 Å². The van der Waals surface area contributed by atoms with Crippen LogP contribution in [0.5, 0.6) is 11.6 Å². The number of rotatable bonds is 13. The van der Waals surface area contributed by atoms with Gasteiger partial charge in [0, 0.05) is 26.7 Å². The highest BCUT2D eigenvalue weighted by molar-refractivity contribution is 6.32. The molecular formula is C26H34ClN3O3. The zero-order valence-corrected chi connectivity index (χ0v) is 20.5. The van der Waals surface area contributed by atoms with Crippen molar-refractivity contribution in [2.75, 3.05) is 26.8 Å². The lowest BCUT2D eigenvalue weighted by Gasteiger charge is -2.25. The van der Waals surface area contributed by atoms with Crippen molar-refractivity contribution < 1.29 is 14.6 Å². The molecule has 33 heavy (non-hydrogen) atoms. The molecule has 6 nitrogen and oxygen atoms in total. The number of para-hydroxylation sites is 2. The molecule has 0 aliphatic heterocycles. The number of benzene rings is 2. The minimum atomic E-state index is -0.390. The number of ether oxygens (including phenoxy) is 2. The number of hydrogen-bond donors (Lipinski definition) is 1. The summed E-state index contributed by atoms with van der Waals surface area (Å²) in [7, 11) is 1.69. The van der Waals surface area contributed by atoms with Crippen LogP contribution in [0.3, 0.4) is 0 Å². The zero-order valence-electron chi connectivity index (χ0n) is 19.7. The molecule has 0 fully saturated rings. The maximum atomic E-state index is 10.6. The molecule has 3 rings (SSSR count). The number of hydrogen-bond acceptors (Lipinski definition) is 5. The van der Waals surface area contributed by atoms with Crippen molar-refractivity contribution >= 4 is 11.6 Å². The van der Waals surface area contributed by atoms with Gasteiger partial charge in [-0.3, -0.25) is 4.90 Å². The number of halogens is 1. The Morgan fingerprint density at radius 2 is 1.85 bits per heavy atom. The zero-order chi connectivity index (χ0) is 23.6. The molecule has 0 unspecified atom stereocenters. The van der Waals surface area contributed by atoms with E-state index in [1.54, 1.807) is 7.11 Å². The summed E-state index contributed by atoms with van der Waals surface area (Å²) in [6.45, 7) is 6.52. The molecule has 0 spiro atoms. The van der Waals surface area contributed by atoms with Crippen LogP contribution < -0.4 is 4.74 Å². The van der Waals surface area contributed by atoms with E-state index in [2.05, 4.69) is 11.8 Å². The SMILES string of the molecule is CCCC[C@@H](O)CN(CCOC)Cc1c(C)nn(-c2ccccc2)c1Oc1ccccc1Cl. The normalized spacial score (nSPS) is 12.3. The van der Waals surface area contributed by atoms with E-state index in [1.165, 1.54) is 0 Å². The van der Waals surface area contributed by atoms with Gasteiger partial charge in [0.2, 0.25) is 5.88 Å². The van der Waals surface area contributed by atoms with E-state index in [0.29, 0.717) is 42.9 Å². The Kier molecular flexibility index (Phi) is 9.76. The maximum absolute atomic E-state index is 10.6. The summed E-state index contributed by atoms with van der Waals surface area (Å²) in [5, 5.41) is 15.9. The summed E-state index contributed by atoms with van der Waals surface area (Å²) in [6.07, 6.45) is 2.46. The lowest BCUT2D eigenvalue weighted by atomic mass is 10.1. The van der Waals surface area contributed by atoms with Crippen molar-refractivity contribution in [3.63, 3.8) is 0 Å². The molecular weight excluding hydrogens is 438 g/mol. The van der Waals surface area contributed by atoms with Crippen LogP contribution in [0.2, 0.25) is 5.02 Å². The van der Waals surface area contributed by atoms with Gasteiger partial charge in [0.25, 0.3) is 0 Å². The van der Waals surface area contributed by atoms with Gasteiger partial charge in [-0.25, -0.2) is 4.68 Å². The number of aliphatic hydroxyl groups excluding tert-OH is 1. The maximum Gasteiger partial charge on any atom is 0.227 e. The predicted molar refractivity (Wildman–Crippen MR) is 133 cm³/mol. The molecule has 0 aliphatic rings. The van der Waals surface area contributed by atoms with E-state index in [1.807, 2.05) is 66.2 Å². The topological polar surface area (TPSA) is 59.8 Å². The average molecular weight is 472 g/mol. The fourth-order valence-electron chi connectivity index (χ4n) is 3.71. The van der Waals surface area contributed by atoms with Gasteiger partial charge in [-0.05, 0) is 37.6 Å². The highest BCUT2D eigenvalue weighted by Crippen LogP contribution is 2.34. The summed E-state index contributed by atoms with van der Waals surface area (Å²) < 4.78 is 13.5. The van der Waals surface area contributed by atoms with Gasteiger partial charge in [-0.2, -0.15) is 5.10 Å². The van der Waals surface area contributed by atoms with Crippen LogP contribution in [-0.4, -0.2) is 52.7 Å². The Morgan fingerprint density at radius 3 is 2.55 bits per heavy atom. The third-order valence-electron chi connectivity index (χ3n) is 5.53. The van der Waals surface area contributed by atoms with Crippen LogP contribution in [0, 0.1) is 6.92 Å². The van der Waals surface area contributed by atoms with Crippen molar-refractivity contribution in [3.8, 4) is 17.3 Å². The van der Waals surface area contributed by atoms with E-state index in [4.69, 9.17) is 26.2 Å². The first kappa shape index (κ1) is 25.2. The van der Waals surface area contributed by atoms with E-state index >= 15 is 0 Å². The van der Waals surface area contributed by atoms with Crippen LogP contribution in [-0.2, 0) is 11.3 Å². The van der Waals surface area contributed by atoms with Crippen molar-refractivity contribution in [1.29, 1.82) is 0 Å². The second-order valence-corrected chi connectivity index (χ2v) is 8.58. The molecule has 0 saturated carbocycles. The molecule has 0 radical (unpaired) electrons. The fraction of sp³-hybridized carbons (Fsp3) is 0.423. The Labute approximate surface area is 201 Å². The summed E-state index contributed by atoms with van der Waals surface area (Å²) in [6, 6.07) is 17.3. The van der Waals surface area contributed by atoms with Crippen LogP contribution in [0.1, 0.15) is 37.4 Å². The van der Waals surface area contributed by atoms with Gasteiger partial charge in [0.15, 0.2) is 0 Å². The van der Waals surface area contributed by atoms with Gasteiger partial charge in [-0.1, -0.05) is 61.7 Å². The van der Waals surface area contributed by atoms with Crippen molar-refractivity contribution in [3.05, 3.63) is 70.9 Å². The number of methoxy groups -OCH3 is 1. The first-order chi connectivity index (χ1) is 16.0. The first-order valence-electron chi connectivity index (χ1n) is 11.5. The van der Waals surface area contributed by atoms with Crippen LogP contribution in [0.25, 0.3) is 5.69 Å². The molecule has 3 aromatic rings. The number of unbranched alkanes of at least 4 members (excludes halogenated alkanes) is 1. The number of aromatic nitrogens is 2. The molecule has 7 heteroatoms. The first-order valence-corrected chi connectivity index (χ1v) is 11.9. The Hall–Kier alpha value is -2.38. The predicted octanol–water partition coefficient (Wildman–Crippen LogP) is 5.63. The second kappa shape index (κ2) is 12.8. The number of nitrogens with zero attached hydrogens (tertiary/aromatic N) is 3. The molecule has 0 amide bonds. The molecule has 0 saturated heterocycles. The van der Waals surface area contributed by atoms with Gasteiger partial charge < -0.3 is 14.6 Å². The summed E-state index contributed by atoms with van der Waals surface area (Å²) in [5.41, 5.74) is 2.73. The van der Waals surface area contributed by atoms with Crippen LogP contribution in [0.4, 0.5) is 0 Å². The number of aliphatic hydroxyl groups is 1. The monoisotopic (exact) mass is 471 g/mol. The Morgan fingerprint density at radius 1 is 1.12 bits per heavy atom. The van der Waals surface area contributed by atoms with Gasteiger partial charge in [0.05, 0.1) is 34.7 Å². The quantitative estimate of drug-likeness (QED) is 0.350.